The number of rotatable bonds is 5. The third-order valence-electron chi connectivity index (χ3n) is 6.29. The molecule has 0 bridgehead atoms. The van der Waals surface area contributed by atoms with Crippen LogP contribution in [-0.4, -0.2) is 19.6 Å². The number of pyridine rings is 1. The number of aryl methyl sites for hydroxylation is 1. The maximum Gasteiger partial charge on any atom is 0.194 e. The van der Waals surface area contributed by atoms with Crippen molar-refractivity contribution in [2.24, 2.45) is 0 Å². The van der Waals surface area contributed by atoms with Crippen LogP contribution in [-0.2, 0) is 6.42 Å². The topological polar surface area (TPSA) is 46.0 Å². The number of fused-ring (bicyclic) bond motifs is 1. The molecule has 6 rings (SSSR count). The Balaban J connectivity index is 1.50. The summed E-state index contributed by atoms with van der Waals surface area (Å²) in [6, 6.07) is 27.0. The summed E-state index contributed by atoms with van der Waals surface area (Å²) >= 11 is 7.58. The monoisotopic (exact) mass is 481 g/mol. The maximum absolute atomic E-state index is 5.89. The normalized spacial score (nSPS) is 17.9. The van der Waals surface area contributed by atoms with Gasteiger partial charge < -0.3 is 10.2 Å². The Bertz CT molecular complexity index is 1420. The zero-order valence-corrected chi connectivity index (χ0v) is 20.3. The van der Waals surface area contributed by atoms with Crippen LogP contribution in [0.2, 0.25) is 0 Å². The van der Waals surface area contributed by atoms with Crippen molar-refractivity contribution in [2.75, 3.05) is 4.90 Å². The molecule has 5 nitrogen and oxygen atoms in total. The van der Waals surface area contributed by atoms with Gasteiger partial charge >= 0.3 is 0 Å². The Hall–Kier alpha value is -3.55. The number of hydrogen-bond acceptors (Lipinski definition) is 4. The Morgan fingerprint density at radius 2 is 1.79 bits per heavy atom. The Labute approximate surface area is 207 Å². The minimum atomic E-state index is -0.0948. The molecule has 0 radical (unpaired) electrons. The molecule has 1 N–H and O–H groups in total. The summed E-state index contributed by atoms with van der Waals surface area (Å²) in [5.41, 5.74) is 5.45. The minimum Gasteiger partial charge on any atom is -0.351 e. The SMILES string of the molecule is CCc1ccc(N2C(=S)NC(c3ccccn3)C2c2cccn2-c2nc3ccccc3s2)cc1. The van der Waals surface area contributed by atoms with E-state index in [1.807, 2.05) is 24.4 Å². The van der Waals surface area contributed by atoms with E-state index in [2.05, 4.69) is 93.6 Å². The van der Waals surface area contributed by atoms with Gasteiger partial charge in [-0.25, -0.2) is 4.98 Å². The lowest BCUT2D eigenvalue weighted by atomic mass is 10.0. The van der Waals surface area contributed by atoms with Gasteiger partial charge in [0.05, 0.1) is 27.6 Å². The van der Waals surface area contributed by atoms with Crippen LogP contribution in [0.1, 0.15) is 36.0 Å². The minimum absolute atomic E-state index is 0.0862. The van der Waals surface area contributed by atoms with Crippen molar-refractivity contribution >= 4 is 44.6 Å². The molecule has 3 aromatic heterocycles. The number of anilines is 1. The van der Waals surface area contributed by atoms with Gasteiger partial charge in [0.15, 0.2) is 10.2 Å². The second-order valence-electron chi connectivity index (χ2n) is 8.28. The predicted molar refractivity (Wildman–Crippen MR) is 143 cm³/mol. The van der Waals surface area contributed by atoms with Crippen LogP contribution in [0.5, 0.6) is 0 Å². The summed E-state index contributed by atoms with van der Waals surface area (Å²) in [7, 11) is 0. The molecule has 0 amide bonds. The zero-order chi connectivity index (χ0) is 23.1. The Morgan fingerprint density at radius 3 is 2.56 bits per heavy atom. The fraction of sp³-hybridized carbons (Fsp3) is 0.148. The van der Waals surface area contributed by atoms with Crippen molar-refractivity contribution in [1.82, 2.24) is 19.9 Å². The van der Waals surface area contributed by atoms with Crippen molar-refractivity contribution in [1.29, 1.82) is 0 Å². The lowest BCUT2D eigenvalue weighted by Gasteiger charge is -2.28. The second-order valence-corrected chi connectivity index (χ2v) is 9.68. The quantitative estimate of drug-likeness (QED) is 0.302. The number of thiazole rings is 1. The molecule has 1 fully saturated rings. The van der Waals surface area contributed by atoms with E-state index in [0.717, 1.165) is 34.1 Å². The fourth-order valence-corrected chi connectivity index (χ4v) is 5.91. The summed E-state index contributed by atoms with van der Waals surface area (Å²) in [4.78, 5) is 11.8. The van der Waals surface area contributed by atoms with E-state index >= 15 is 0 Å². The summed E-state index contributed by atoms with van der Waals surface area (Å²) in [5, 5.41) is 5.20. The highest BCUT2D eigenvalue weighted by Crippen LogP contribution is 2.42. The first-order chi connectivity index (χ1) is 16.7. The van der Waals surface area contributed by atoms with E-state index in [4.69, 9.17) is 17.2 Å². The molecule has 34 heavy (non-hydrogen) atoms. The van der Waals surface area contributed by atoms with Gasteiger partial charge in [-0.1, -0.05) is 48.6 Å². The van der Waals surface area contributed by atoms with Gasteiger partial charge in [-0.2, -0.15) is 0 Å². The summed E-state index contributed by atoms with van der Waals surface area (Å²) < 4.78 is 3.36. The van der Waals surface area contributed by atoms with Gasteiger partial charge in [-0.15, -0.1) is 0 Å². The summed E-state index contributed by atoms with van der Waals surface area (Å²) in [6.07, 6.45) is 4.92. The smallest absolute Gasteiger partial charge is 0.194 e. The molecular formula is C27H23N5S2. The number of para-hydroxylation sites is 1. The molecule has 2 atom stereocenters. The first-order valence-electron chi connectivity index (χ1n) is 11.4. The fourth-order valence-electron chi connectivity index (χ4n) is 4.60. The first-order valence-corrected chi connectivity index (χ1v) is 12.6. The molecule has 168 valence electrons. The van der Waals surface area contributed by atoms with Crippen LogP contribution >= 0.6 is 23.6 Å². The third-order valence-corrected chi connectivity index (χ3v) is 7.64. The van der Waals surface area contributed by atoms with Gasteiger partial charge in [-0.3, -0.25) is 9.55 Å². The standard InChI is InChI=1S/C27H23N5S2/c1-2-18-12-14-19(15-13-18)32-25(24(30-26(32)33)21-9-5-6-16-28-21)22-10-7-17-31(22)27-29-20-8-3-4-11-23(20)34-27/h3-17,24-25H,2H2,1H3,(H,30,33). The van der Waals surface area contributed by atoms with Gasteiger partial charge in [0.1, 0.15) is 6.04 Å². The Kier molecular flexibility index (Phi) is 5.36. The average molecular weight is 482 g/mol. The maximum atomic E-state index is 5.89. The van der Waals surface area contributed by atoms with E-state index in [9.17, 15) is 0 Å². The van der Waals surface area contributed by atoms with Crippen molar-refractivity contribution in [3.05, 3.63) is 108 Å². The van der Waals surface area contributed by atoms with Crippen LogP contribution in [0, 0.1) is 0 Å². The first kappa shape index (κ1) is 21.0. The van der Waals surface area contributed by atoms with E-state index < -0.39 is 0 Å². The molecule has 0 saturated carbocycles. The van der Waals surface area contributed by atoms with Crippen LogP contribution in [0.4, 0.5) is 5.69 Å². The molecule has 1 aliphatic rings. The van der Waals surface area contributed by atoms with Crippen molar-refractivity contribution < 1.29 is 0 Å². The van der Waals surface area contributed by atoms with Crippen LogP contribution in [0.15, 0.2) is 91.3 Å². The molecule has 7 heteroatoms. The van der Waals surface area contributed by atoms with Crippen molar-refractivity contribution in [2.45, 2.75) is 25.4 Å². The van der Waals surface area contributed by atoms with Crippen LogP contribution in [0.3, 0.4) is 0 Å². The summed E-state index contributed by atoms with van der Waals surface area (Å²) in [6.45, 7) is 2.17. The van der Waals surface area contributed by atoms with Crippen LogP contribution in [0.25, 0.3) is 15.3 Å². The number of hydrogen-bond donors (Lipinski definition) is 1. The second kappa shape index (κ2) is 8.66. The zero-order valence-electron chi connectivity index (χ0n) is 18.6. The molecular weight excluding hydrogens is 458 g/mol. The average Bonchev–Trinajstić information content (AvgIpc) is 3.60. The van der Waals surface area contributed by atoms with Crippen molar-refractivity contribution in [3.8, 4) is 5.13 Å². The molecule has 2 aromatic carbocycles. The lowest BCUT2D eigenvalue weighted by molar-refractivity contribution is 0.549. The molecule has 4 heterocycles. The molecule has 0 spiro atoms. The number of nitrogens with zero attached hydrogens (tertiary/aromatic N) is 4. The number of benzene rings is 2. The number of aromatic nitrogens is 3. The van der Waals surface area contributed by atoms with E-state index in [1.54, 1.807) is 11.3 Å². The van der Waals surface area contributed by atoms with Gasteiger partial charge in [0, 0.05) is 18.1 Å². The predicted octanol–water partition coefficient (Wildman–Crippen LogP) is 6.22. The Morgan fingerprint density at radius 1 is 0.971 bits per heavy atom. The van der Waals surface area contributed by atoms with E-state index in [1.165, 1.54) is 10.3 Å². The van der Waals surface area contributed by atoms with Gasteiger partial charge in [0.25, 0.3) is 0 Å². The third kappa shape index (κ3) is 3.57. The van der Waals surface area contributed by atoms with Gasteiger partial charge in [0.2, 0.25) is 0 Å². The molecule has 1 aliphatic heterocycles. The summed E-state index contributed by atoms with van der Waals surface area (Å²) in [5.74, 6) is 0. The lowest BCUT2D eigenvalue weighted by Crippen LogP contribution is -2.30. The van der Waals surface area contributed by atoms with E-state index in [0.29, 0.717) is 5.11 Å². The molecule has 2 unspecified atom stereocenters. The number of nitrogens with one attached hydrogen (secondary N) is 1. The highest BCUT2D eigenvalue weighted by molar-refractivity contribution is 7.80. The van der Waals surface area contributed by atoms with E-state index in [-0.39, 0.29) is 12.1 Å². The van der Waals surface area contributed by atoms with Crippen molar-refractivity contribution in [3.63, 3.8) is 0 Å². The highest BCUT2D eigenvalue weighted by atomic mass is 32.1. The number of thiocarbonyl (C=S) groups is 1. The molecule has 0 aliphatic carbocycles. The largest absolute Gasteiger partial charge is 0.351 e. The molecule has 1 saturated heterocycles. The van der Waals surface area contributed by atoms with Gasteiger partial charge in [-0.05, 0) is 72.7 Å². The highest BCUT2D eigenvalue weighted by Gasteiger charge is 2.42. The molecule has 5 aromatic rings. The van der Waals surface area contributed by atoms with Crippen LogP contribution < -0.4 is 10.2 Å².